The quantitative estimate of drug-likeness (QED) is 0.907. The number of aromatic hydroxyl groups is 1. The average molecular weight is 364 g/mol. The standard InChI is InChI=1S/C22H24N2O3/c1-23(13-17-5-2-3-8-20(17)25)22(27)18-12-21(26)24(14-18)19-10-9-15-6-4-7-16(15)11-19/h2-3,5,8-11,18,25H,4,6-7,12-14H2,1H3/t18-/m1/s1. The van der Waals surface area contributed by atoms with Gasteiger partial charge in [0.25, 0.3) is 0 Å². The molecular formula is C22H24N2O3. The van der Waals surface area contributed by atoms with E-state index in [1.54, 1.807) is 35.0 Å². The van der Waals surface area contributed by atoms with E-state index in [2.05, 4.69) is 12.1 Å². The molecule has 2 aromatic carbocycles. The fraction of sp³-hybridized carbons (Fsp3) is 0.364. The molecule has 1 atom stereocenters. The van der Waals surface area contributed by atoms with Crippen molar-refractivity contribution in [3.05, 3.63) is 59.2 Å². The monoisotopic (exact) mass is 364 g/mol. The predicted octanol–water partition coefficient (Wildman–Crippen LogP) is 2.89. The number of nitrogens with zero attached hydrogens (tertiary/aromatic N) is 2. The summed E-state index contributed by atoms with van der Waals surface area (Å²) in [6.07, 6.45) is 3.59. The lowest BCUT2D eigenvalue weighted by Crippen LogP contribution is -2.34. The molecule has 5 nitrogen and oxygen atoms in total. The molecule has 0 unspecified atom stereocenters. The second kappa shape index (κ2) is 7.06. The Balaban J connectivity index is 1.45. The van der Waals surface area contributed by atoms with Gasteiger partial charge in [-0.05, 0) is 48.6 Å². The highest BCUT2D eigenvalue weighted by atomic mass is 16.3. The minimum absolute atomic E-state index is 0.00209. The van der Waals surface area contributed by atoms with E-state index in [0.717, 1.165) is 18.5 Å². The molecule has 1 fully saturated rings. The second-order valence-electron chi connectivity index (χ2n) is 7.53. The van der Waals surface area contributed by atoms with Gasteiger partial charge >= 0.3 is 0 Å². The van der Waals surface area contributed by atoms with E-state index in [1.165, 1.54) is 17.5 Å². The second-order valence-corrected chi connectivity index (χ2v) is 7.53. The number of para-hydroxylation sites is 1. The highest BCUT2D eigenvalue weighted by Crippen LogP contribution is 2.31. The molecule has 0 radical (unpaired) electrons. The third-order valence-corrected chi connectivity index (χ3v) is 5.64. The topological polar surface area (TPSA) is 60.9 Å². The molecular weight excluding hydrogens is 340 g/mol. The molecule has 1 aliphatic heterocycles. The van der Waals surface area contributed by atoms with Gasteiger partial charge in [0.1, 0.15) is 5.75 Å². The van der Waals surface area contributed by atoms with Gasteiger partial charge in [-0.3, -0.25) is 9.59 Å². The van der Waals surface area contributed by atoms with Crippen LogP contribution in [0.15, 0.2) is 42.5 Å². The number of phenolic OH excluding ortho intramolecular Hbond substituents is 1. The molecule has 0 spiro atoms. The van der Waals surface area contributed by atoms with Crippen molar-refractivity contribution in [2.24, 2.45) is 5.92 Å². The number of anilines is 1. The fourth-order valence-corrected chi connectivity index (χ4v) is 4.14. The SMILES string of the molecule is CN(Cc1ccccc1O)C(=O)[C@@H]1CC(=O)N(c2ccc3c(c2)CCC3)C1. The zero-order valence-corrected chi connectivity index (χ0v) is 15.5. The van der Waals surface area contributed by atoms with Gasteiger partial charge in [0.15, 0.2) is 0 Å². The van der Waals surface area contributed by atoms with Crippen LogP contribution in [0.25, 0.3) is 0 Å². The average Bonchev–Trinajstić information content (AvgIpc) is 3.28. The van der Waals surface area contributed by atoms with Gasteiger partial charge in [0.2, 0.25) is 11.8 Å². The van der Waals surface area contributed by atoms with E-state index in [0.29, 0.717) is 18.7 Å². The van der Waals surface area contributed by atoms with Crippen LogP contribution in [0.1, 0.15) is 29.5 Å². The minimum Gasteiger partial charge on any atom is -0.508 e. The van der Waals surface area contributed by atoms with Crippen LogP contribution in [0.3, 0.4) is 0 Å². The number of fused-ring (bicyclic) bond motifs is 1. The number of hydrogen-bond acceptors (Lipinski definition) is 3. The third-order valence-electron chi connectivity index (χ3n) is 5.64. The van der Waals surface area contributed by atoms with Gasteiger partial charge in [0.05, 0.1) is 5.92 Å². The van der Waals surface area contributed by atoms with E-state index >= 15 is 0 Å². The van der Waals surface area contributed by atoms with Crippen molar-refractivity contribution in [3.63, 3.8) is 0 Å². The Morgan fingerprint density at radius 3 is 2.78 bits per heavy atom. The smallest absolute Gasteiger partial charge is 0.228 e. The molecule has 1 aliphatic carbocycles. The number of amides is 2. The summed E-state index contributed by atoms with van der Waals surface area (Å²) in [5.41, 5.74) is 4.31. The summed E-state index contributed by atoms with van der Waals surface area (Å²) in [5.74, 6) is -0.224. The van der Waals surface area contributed by atoms with Gasteiger partial charge in [-0.1, -0.05) is 24.3 Å². The molecule has 0 bridgehead atoms. The summed E-state index contributed by atoms with van der Waals surface area (Å²) in [7, 11) is 1.72. The first kappa shape index (κ1) is 17.6. The third kappa shape index (κ3) is 3.42. The van der Waals surface area contributed by atoms with Crippen molar-refractivity contribution in [1.82, 2.24) is 4.90 Å². The van der Waals surface area contributed by atoms with Crippen LogP contribution in [-0.4, -0.2) is 35.4 Å². The number of carbonyl (C=O) groups excluding carboxylic acids is 2. The normalized spacial score (nSPS) is 18.6. The van der Waals surface area contributed by atoms with Gasteiger partial charge in [-0.15, -0.1) is 0 Å². The van der Waals surface area contributed by atoms with Crippen LogP contribution < -0.4 is 4.90 Å². The maximum absolute atomic E-state index is 12.8. The van der Waals surface area contributed by atoms with E-state index in [4.69, 9.17) is 0 Å². The molecule has 2 aromatic rings. The Morgan fingerprint density at radius 2 is 1.96 bits per heavy atom. The van der Waals surface area contributed by atoms with Crippen LogP contribution >= 0.6 is 0 Å². The molecule has 1 heterocycles. The first-order chi connectivity index (χ1) is 13.0. The van der Waals surface area contributed by atoms with Gasteiger partial charge in [-0.2, -0.15) is 0 Å². The summed E-state index contributed by atoms with van der Waals surface area (Å²) >= 11 is 0. The Bertz CT molecular complexity index is 893. The molecule has 2 aliphatic rings. The summed E-state index contributed by atoms with van der Waals surface area (Å²) < 4.78 is 0. The van der Waals surface area contributed by atoms with Crippen molar-refractivity contribution < 1.29 is 14.7 Å². The highest BCUT2D eigenvalue weighted by molar-refractivity contribution is 6.00. The molecule has 140 valence electrons. The van der Waals surface area contributed by atoms with Crippen LogP contribution in [0.2, 0.25) is 0 Å². The highest BCUT2D eigenvalue weighted by Gasteiger charge is 2.36. The number of phenols is 1. The summed E-state index contributed by atoms with van der Waals surface area (Å²) in [6, 6.07) is 13.2. The van der Waals surface area contributed by atoms with E-state index in [1.807, 2.05) is 12.1 Å². The van der Waals surface area contributed by atoms with Crippen molar-refractivity contribution in [3.8, 4) is 5.75 Å². The van der Waals surface area contributed by atoms with E-state index in [-0.39, 0.29) is 29.9 Å². The number of aryl methyl sites for hydroxylation is 2. The molecule has 5 heteroatoms. The molecule has 1 N–H and O–H groups in total. The summed E-state index contributed by atoms with van der Waals surface area (Å²) in [4.78, 5) is 28.7. The lowest BCUT2D eigenvalue weighted by molar-refractivity contribution is -0.135. The molecule has 4 rings (SSSR count). The van der Waals surface area contributed by atoms with Gasteiger partial charge < -0.3 is 14.9 Å². The number of hydrogen-bond donors (Lipinski definition) is 1. The van der Waals surface area contributed by atoms with Crippen molar-refractivity contribution in [2.45, 2.75) is 32.2 Å². The molecule has 0 aromatic heterocycles. The zero-order valence-electron chi connectivity index (χ0n) is 15.5. The molecule has 1 saturated heterocycles. The van der Waals surface area contributed by atoms with Gasteiger partial charge in [-0.25, -0.2) is 0 Å². The Kier molecular flexibility index (Phi) is 4.60. The lowest BCUT2D eigenvalue weighted by Gasteiger charge is -2.22. The summed E-state index contributed by atoms with van der Waals surface area (Å²) in [5, 5.41) is 9.92. The molecule has 27 heavy (non-hydrogen) atoms. The van der Waals surface area contributed by atoms with Crippen LogP contribution in [0.4, 0.5) is 5.69 Å². The molecule has 0 saturated carbocycles. The summed E-state index contributed by atoms with van der Waals surface area (Å²) in [6.45, 7) is 0.747. The first-order valence-electron chi connectivity index (χ1n) is 9.47. The lowest BCUT2D eigenvalue weighted by atomic mass is 10.1. The largest absolute Gasteiger partial charge is 0.508 e. The van der Waals surface area contributed by atoms with E-state index < -0.39 is 0 Å². The van der Waals surface area contributed by atoms with Gasteiger partial charge in [0, 0.05) is 37.8 Å². The Morgan fingerprint density at radius 1 is 1.19 bits per heavy atom. The van der Waals surface area contributed by atoms with Crippen LogP contribution in [0.5, 0.6) is 5.75 Å². The predicted molar refractivity (Wildman–Crippen MR) is 104 cm³/mol. The number of carbonyl (C=O) groups is 2. The minimum atomic E-state index is -0.346. The number of benzene rings is 2. The van der Waals surface area contributed by atoms with Crippen molar-refractivity contribution in [2.75, 3.05) is 18.5 Å². The first-order valence-corrected chi connectivity index (χ1v) is 9.47. The molecule has 2 amide bonds. The fourth-order valence-electron chi connectivity index (χ4n) is 4.14. The maximum atomic E-state index is 12.8. The van der Waals surface area contributed by atoms with Crippen LogP contribution in [0, 0.1) is 5.92 Å². The maximum Gasteiger partial charge on any atom is 0.228 e. The zero-order chi connectivity index (χ0) is 19.0. The number of rotatable bonds is 4. The van der Waals surface area contributed by atoms with Crippen LogP contribution in [-0.2, 0) is 29.0 Å². The Labute approximate surface area is 159 Å². The Hall–Kier alpha value is -2.82. The van der Waals surface area contributed by atoms with E-state index in [9.17, 15) is 14.7 Å². The van der Waals surface area contributed by atoms with Crippen molar-refractivity contribution >= 4 is 17.5 Å². The van der Waals surface area contributed by atoms with Crippen molar-refractivity contribution in [1.29, 1.82) is 0 Å².